The summed E-state index contributed by atoms with van der Waals surface area (Å²) >= 11 is 0. The van der Waals surface area contributed by atoms with Crippen LogP contribution >= 0.6 is 24.0 Å². The first-order chi connectivity index (χ1) is 10.3. The molecule has 0 aliphatic heterocycles. The van der Waals surface area contributed by atoms with E-state index in [-0.39, 0.29) is 35.3 Å². The van der Waals surface area contributed by atoms with E-state index in [0.717, 1.165) is 12.5 Å². The first-order valence-corrected chi connectivity index (χ1v) is 7.62. The second-order valence-electron chi connectivity index (χ2n) is 6.28. The molecule has 0 aliphatic rings. The molecule has 23 heavy (non-hydrogen) atoms. The molecule has 0 fully saturated rings. The molecule has 1 aromatic carbocycles. The molecule has 0 saturated heterocycles. The zero-order valence-electron chi connectivity index (χ0n) is 14.7. The number of carbonyl (C=O) groups excluding carboxylic acids is 1. The highest BCUT2D eigenvalue weighted by molar-refractivity contribution is 14.0. The molecule has 1 aromatic rings. The van der Waals surface area contributed by atoms with Crippen molar-refractivity contribution in [1.29, 1.82) is 0 Å². The van der Waals surface area contributed by atoms with Crippen LogP contribution < -0.4 is 16.0 Å². The molecule has 3 N–H and O–H groups in total. The van der Waals surface area contributed by atoms with Crippen molar-refractivity contribution in [3.63, 3.8) is 0 Å². The van der Waals surface area contributed by atoms with Gasteiger partial charge in [0.25, 0.3) is 0 Å². The summed E-state index contributed by atoms with van der Waals surface area (Å²) in [6, 6.07) is 8.25. The second-order valence-corrected chi connectivity index (χ2v) is 6.28. The van der Waals surface area contributed by atoms with Crippen molar-refractivity contribution in [2.45, 2.75) is 34.2 Å². The highest BCUT2D eigenvalue weighted by Gasteiger charge is 2.20. The van der Waals surface area contributed by atoms with Gasteiger partial charge in [0.2, 0.25) is 5.91 Å². The summed E-state index contributed by atoms with van der Waals surface area (Å²) < 4.78 is 0. The number of benzene rings is 1. The van der Waals surface area contributed by atoms with Gasteiger partial charge in [0.05, 0.1) is 0 Å². The third kappa shape index (κ3) is 8.20. The fourth-order valence-corrected chi connectivity index (χ4v) is 1.83. The Bertz CT molecular complexity index is 524. The number of nitrogens with one attached hydrogen (secondary N) is 3. The quantitative estimate of drug-likeness (QED) is 0.290. The number of carbonyl (C=O) groups is 1. The number of hydrogen-bond acceptors (Lipinski definition) is 2. The van der Waals surface area contributed by atoms with E-state index in [1.54, 1.807) is 7.05 Å². The average molecular weight is 432 g/mol. The minimum Gasteiger partial charge on any atom is -0.355 e. The zero-order valence-corrected chi connectivity index (χ0v) is 17.0. The third-order valence-electron chi connectivity index (χ3n) is 3.32. The minimum absolute atomic E-state index is 0. The molecule has 0 aromatic heterocycles. The van der Waals surface area contributed by atoms with E-state index >= 15 is 0 Å². The summed E-state index contributed by atoms with van der Waals surface area (Å²) in [5.74, 6) is 0.783. The molecular formula is C17H29IN4O. The lowest BCUT2D eigenvalue weighted by Crippen LogP contribution is -2.43. The fourth-order valence-electron chi connectivity index (χ4n) is 1.83. The first kappa shape index (κ1) is 21.7. The Hall–Kier alpha value is -1.31. The topological polar surface area (TPSA) is 65.5 Å². The standard InChI is InChI=1S/C17H28N4O.HI/c1-13-8-6-7-9-14(13)12-21-16(18-5)20-11-10-19-15(22)17(2,3)4;/h6-9H,10-12H2,1-5H3,(H,19,22)(H2,18,20,21);1H. The van der Waals surface area contributed by atoms with E-state index in [0.29, 0.717) is 13.1 Å². The van der Waals surface area contributed by atoms with Crippen LogP contribution in [0.1, 0.15) is 31.9 Å². The zero-order chi connectivity index (χ0) is 16.6. The minimum atomic E-state index is -0.356. The molecule has 0 saturated carbocycles. The monoisotopic (exact) mass is 432 g/mol. The van der Waals surface area contributed by atoms with Crippen LogP contribution in [-0.2, 0) is 11.3 Å². The number of rotatable bonds is 5. The molecule has 0 spiro atoms. The van der Waals surface area contributed by atoms with Gasteiger partial charge in [-0.05, 0) is 18.1 Å². The van der Waals surface area contributed by atoms with Crippen molar-refractivity contribution >= 4 is 35.8 Å². The molecule has 0 atom stereocenters. The van der Waals surface area contributed by atoms with Crippen LogP contribution in [0.15, 0.2) is 29.3 Å². The summed E-state index contributed by atoms with van der Waals surface area (Å²) in [4.78, 5) is 15.9. The Morgan fingerprint density at radius 2 is 1.70 bits per heavy atom. The highest BCUT2D eigenvalue weighted by Crippen LogP contribution is 2.11. The lowest BCUT2D eigenvalue weighted by atomic mass is 9.96. The van der Waals surface area contributed by atoms with Gasteiger partial charge in [-0.2, -0.15) is 0 Å². The van der Waals surface area contributed by atoms with Crippen LogP contribution in [0, 0.1) is 12.3 Å². The number of guanidine groups is 1. The second kappa shape index (κ2) is 10.5. The number of halogens is 1. The van der Waals surface area contributed by atoms with Gasteiger partial charge in [-0.3, -0.25) is 9.79 Å². The van der Waals surface area contributed by atoms with Gasteiger partial charge in [0.1, 0.15) is 0 Å². The molecule has 6 heteroatoms. The predicted molar refractivity (Wildman–Crippen MR) is 107 cm³/mol. The van der Waals surface area contributed by atoms with Crippen molar-refractivity contribution in [2.75, 3.05) is 20.1 Å². The lowest BCUT2D eigenvalue weighted by molar-refractivity contribution is -0.128. The summed E-state index contributed by atoms with van der Waals surface area (Å²) in [6.07, 6.45) is 0. The number of aryl methyl sites for hydroxylation is 1. The van der Waals surface area contributed by atoms with Gasteiger partial charge in [0, 0.05) is 32.1 Å². The molecule has 1 rings (SSSR count). The molecular weight excluding hydrogens is 403 g/mol. The van der Waals surface area contributed by atoms with Gasteiger partial charge in [0.15, 0.2) is 5.96 Å². The number of hydrogen-bond donors (Lipinski definition) is 3. The number of nitrogens with zero attached hydrogens (tertiary/aromatic N) is 1. The van der Waals surface area contributed by atoms with E-state index < -0.39 is 0 Å². The molecule has 0 unspecified atom stereocenters. The van der Waals surface area contributed by atoms with Gasteiger partial charge in [-0.1, -0.05) is 45.0 Å². The molecule has 130 valence electrons. The Morgan fingerprint density at radius 3 is 2.26 bits per heavy atom. The van der Waals surface area contributed by atoms with Crippen LogP contribution in [0.5, 0.6) is 0 Å². The largest absolute Gasteiger partial charge is 0.355 e. The lowest BCUT2D eigenvalue weighted by Gasteiger charge is -2.18. The predicted octanol–water partition coefficient (Wildman–Crippen LogP) is 2.44. The molecule has 1 amide bonds. The Labute approximate surface area is 156 Å². The normalized spacial score (nSPS) is 11.4. The molecule has 0 heterocycles. The maximum absolute atomic E-state index is 11.7. The van der Waals surface area contributed by atoms with E-state index in [4.69, 9.17) is 0 Å². The van der Waals surface area contributed by atoms with Crippen molar-refractivity contribution in [2.24, 2.45) is 10.4 Å². The molecule has 0 aliphatic carbocycles. The number of amides is 1. The van der Waals surface area contributed by atoms with Crippen molar-refractivity contribution in [3.05, 3.63) is 35.4 Å². The van der Waals surface area contributed by atoms with E-state index in [1.807, 2.05) is 32.9 Å². The summed E-state index contributed by atoms with van der Waals surface area (Å²) in [5.41, 5.74) is 2.14. The van der Waals surface area contributed by atoms with Gasteiger partial charge < -0.3 is 16.0 Å². The Morgan fingerprint density at radius 1 is 1.09 bits per heavy atom. The van der Waals surface area contributed by atoms with Gasteiger partial charge >= 0.3 is 0 Å². The molecule has 5 nitrogen and oxygen atoms in total. The van der Waals surface area contributed by atoms with E-state index in [1.165, 1.54) is 11.1 Å². The van der Waals surface area contributed by atoms with Crippen LogP contribution in [0.4, 0.5) is 0 Å². The molecule has 0 radical (unpaired) electrons. The van der Waals surface area contributed by atoms with Gasteiger partial charge in [-0.15, -0.1) is 24.0 Å². The maximum atomic E-state index is 11.7. The summed E-state index contributed by atoms with van der Waals surface area (Å²) in [5, 5.41) is 9.36. The van der Waals surface area contributed by atoms with Crippen LogP contribution in [0.2, 0.25) is 0 Å². The van der Waals surface area contributed by atoms with Gasteiger partial charge in [-0.25, -0.2) is 0 Å². The average Bonchev–Trinajstić information content (AvgIpc) is 2.46. The third-order valence-corrected chi connectivity index (χ3v) is 3.32. The van der Waals surface area contributed by atoms with Crippen molar-refractivity contribution < 1.29 is 4.79 Å². The first-order valence-electron chi connectivity index (χ1n) is 7.62. The molecule has 0 bridgehead atoms. The smallest absolute Gasteiger partial charge is 0.225 e. The van der Waals surface area contributed by atoms with Crippen LogP contribution in [-0.4, -0.2) is 32.0 Å². The maximum Gasteiger partial charge on any atom is 0.225 e. The van der Waals surface area contributed by atoms with Crippen LogP contribution in [0.3, 0.4) is 0 Å². The SMILES string of the molecule is CN=C(NCCNC(=O)C(C)(C)C)NCc1ccccc1C.I. The van der Waals surface area contributed by atoms with E-state index in [9.17, 15) is 4.79 Å². The van der Waals surface area contributed by atoms with Crippen molar-refractivity contribution in [3.8, 4) is 0 Å². The summed E-state index contributed by atoms with van der Waals surface area (Å²) in [6.45, 7) is 9.72. The fraction of sp³-hybridized carbons (Fsp3) is 0.529. The Kier molecular flexibility index (Phi) is 9.87. The van der Waals surface area contributed by atoms with Crippen LogP contribution in [0.25, 0.3) is 0 Å². The van der Waals surface area contributed by atoms with E-state index in [2.05, 4.69) is 40.0 Å². The highest BCUT2D eigenvalue weighted by atomic mass is 127. The number of aliphatic imine (C=N–C) groups is 1. The Balaban J connectivity index is 0.00000484. The summed E-state index contributed by atoms with van der Waals surface area (Å²) in [7, 11) is 1.74. The van der Waals surface area contributed by atoms with Crippen molar-refractivity contribution in [1.82, 2.24) is 16.0 Å².